The molecule has 2 aromatic carbocycles. The van der Waals surface area contributed by atoms with Crippen molar-refractivity contribution in [1.29, 1.82) is 0 Å². The van der Waals surface area contributed by atoms with Crippen molar-refractivity contribution in [2.45, 2.75) is 6.54 Å². The molecule has 1 amide bonds. The highest BCUT2D eigenvalue weighted by Crippen LogP contribution is 2.20. The molecule has 0 saturated carbocycles. The third-order valence-electron chi connectivity index (χ3n) is 4.38. The summed E-state index contributed by atoms with van der Waals surface area (Å²) in [6.45, 7) is 0.972. The van der Waals surface area contributed by atoms with Gasteiger partial charge in [-0.15, -0.1) is 0 Å². The number of carbonyl (C=O) groups is 2. The van der Waals surface area contributed by atoms with Crippen molar-refractivity contribution < 1.29 is 19.1 Å². The summed E-state index contributed by atoms with van der Waals surface area (Å²) in [5.74, 6) is 0.230. The van der Waals surface area contributed by atoms with E-state index in [2.05, 4.69) is 5.32 Å². The third-order valence-corrected chi connectivity index (χ3v) is 4.38. The van der Waals surface area contributed by atoms with Gasteiger partial charge in [0.05, 0.1) is 20.3 Å². The maximum absolute atomic E-state index is 12.7. The summed E-state index contributed by atoms with van der Waals surface area (Å²) in [5.41, 5.74) is 1.99. The Balaban J connectivity index is 1.74. The van der Waals surface area contributed by atoms with E-state index in [1.807, 2.05) is 34.9 Å². The highest BCUT2D eigenvalue weighted by molar-refractivity contribution is 6.03. The molecule has 0 atom stereocenters. The van der Waals surface area contributed by atoms with Gasteiger partial charge in [0.15, 0.2) is 5.78 Å². The van der Waals surface area contributed by atoms with E-state index in [-0.39, 0.29) is 18.2 Å². The van der Waals surface area contributed by atoms with Gasteiger partial charge >= 0.3 is 0 Å². The van der Waals surface area contributed by atoms with E-state index in [1.165, 1.54) is 0 Å². The van der Waals surface area contributed by atoms with Gasteiger partial charge < -0.3 is 19.4 Å². The molecule has 1 heterocycles. The van der Waals surface area contributed by atoms with Gasteiger partial charge in [-0.05, 0) is 36.4 Å². The minimum absolute atomic E-state index is 0.0725. The SMILES string of the molecule is COCCn1c(C(=O)NCC(=O)c2ccc(OC)cc2)cc2ccccc21. The number of nitrogens with one attached hydrogen (secondary N) is 1. The number of amides is 1. The van der Waals surface area contributed by atoms with Gasteiger partial charge in [-0.2, -0.15) is 0 Å². The van der Waals surface area contributed by atoms with Crippen molar-refractivity contribution in [3.05, 3.63) is 65.9 Å². The largest absolute Gasteiger partial charge is 0.497 e. The van der Waals surface area contributed by atoms with Crippen LogP contribution in [0.1, 0.15) is 20.8 Å². The summed E-state index contributed by atoms with van der Waals surface area (Å²) >= 11 is 0. The molecule has 0 unspecified atom stereocenters. The van der Waals surface area contributed by atoms with E-state index >= 15 is 0 Å². The number of nitrogens with zero attached hydrogens (tertiary/aromatic N) is 1. The van der Waals surface area contributed by atoms with E-state index in [0.717, 1.165) is 10.9 Å². The molecule has 3 rings (SSSR count). The molecule has 6 heteroatoms. The Morgan fingerprint density at radius 2 is 1.78 bits per heavy atom. The molecule has 27 heavy (non-hydrogen) atoms. The lowest BCUT2D eigenvalue weighted by molar-refractivity contribution is 0.0896. The fourth-order valence-corrected chi connectivity index (χ4v) is 2.95. The zero-order valence-electron chi connectivity index (χ0n) is 15.4. The van der Waals surface area contributed by atoms with Crippen molar-refractivity contribution in [3.8, 4) is 5.75 Å². The zero-order chi connectivity index (χ0) is 19.2. The molecule has 0 bridgehead atoms. The molecule has 0 spiro atoms. The van der Waals surface area contributed by atoms with Crippen LogP contribution in [0.5, 0.6) is 5.75 Å². The van der Waals surface area contributed by atoms with E-state index in [4.69, 9.17) is 9.47 Å². The van der Waals surface area contributed by atoms with Crippen LogP contribution < -0.4 is 10.1 Å². The molecule has 140 valence electrons. The van der Waals surface area contributed by atoms with Crippen LogP contribution >= 0.6 is 0 Å². The summed E-state index contributed by atoms with van der Waals surface area (Å²) in [6.07, 6.45) is 0. The van der Waals surface area contributed by atoms with Crippen molar-refractivity contribution in [2.75, 3.05) is 27.4 Å². The minimum atomic E-state index is -0.288. The van der Waals surface area contributed by atoms with Crippen molar-refractivity contribution in [3.63, 3.8) is 0 Å². The molecule has 3 aromatic rings. The van der Waals surface area contributed by atoms with Crippen molar-refractivity contribution >= 4 is 22.6 Å². The van der Waals surface area contributed by atoms with E-state index in [1.54, 1.807) is 38.5 Å². The number of Topliss-reactive ketones (excluding diaryl/α,β-unsaturated/α-hetero) is 1. The molecule has 0 aliphatic heterocycles. The molecule has 0 saturated heterocycles. The number of fused-ring (bicyclic) bond motifs is 1. The Kier molecular flexibility index (Phi) is 5.88. The van der Waals surface area contributed by atoms with Gasteiger partial charge in [0.25, 0.3) is 5.91 Å². The molecule has 6 nitrogen and oxygen atoms in total. The normalized spacial score (nSPS) is 10.7. The number of aromatic nitrogens is 1. The van der Waals surface area contributed by atoms with Gasteiger partial charge in [-0.3, -0.25) is 9.59 Å². The predicted molar refractivity (Wildman–Crippen MR) is 103 cm³/mol. The van der Waals surface area contributed by atoms with Crippen LogP contribution in [-0.4, -0.2) is 43.6 Å². The molecule has 1 N–H and O–H groups in total. The maximum Gasteiger partial charge on any atom is 0.268 e. The topological polar surface area (TPSA) is 69.6 Å². The van der Waals surface area contributed by atoms with Crippen molar-refractivity contribution in [1.82, 2.24) is 9.88 Å². The number of methoxy groups -OCH3 is 2. The molecular formula is C21H22N2O4. The first-order chi connectivity index (χ1) is 13.1. The lowest BCUT2D eigenvalue weighted by Gasteiger charge is -2.10. The number of rotatable bonds is 8. The second kappa shape index (κ2) is 8.51. The summed E-state index contributed by atoms with van der Waals surface area (Å²) in [7, 11) is 3.19. The zero-order valence-corrected chi connectivity index (χ0v) is 15.4. The Bertz CT molecular complexity index is 944. The molecular weight excluding hydrogens is 344 g/mol. The number of benzene rings is 2. The number of ether oxygens (including phenoxy) is 2. The van der Waals surface area contributed by atoms with Gasteiger partial charge in [-0.1, -0.05) is 18.2 Å². The quantitative estimate of drug-likeness (QED) is 0.623. The van der Waals surface area contributed by atoms with E-state index in [0.29, 0.717) is 30.2 Å². The maximum atomic E-state index is 12.7. The Labute approximate surface area is 157 Å². The monoisotopic (exact) mass is 366 g/mol. The van der Waals surface area contributed by atoms with Crippen LogP contribution in [0.3, 0.4) is 0 Å². The highest BCUT2D eigenvalue weighted by Gasteiger charge is 2.16. The number of hydrogen-bond acceptors (Lipinski definition) is 4. The molecule has 0 radical (unpaired) electrons. The smallest absolute Gasteiger partial charge is 0.268 e. The van der Waals surface area contributed by atoms with Crippen molar-refractivity contribution in [2.24, 2.45) is 0 Å². The van der Waals surface area contributed by atoms with Crippen LogP contribution in [0.25, 0.3) is 10.9 Å². The Morgan fingerprint density at radius 1 is 1.04 bits per heavy atom. The van der Waals surface area contributed by atoms with Crippen LogP contribution in [0.15, 0.2) is 54.6 Å². The first-order valence-corrected chi connectivity index (χ1v) is 8.66. The molecule has 0 aliphatic carbocycles. The summed E-state index contributed by atoms with van der Waals surface area (Å²) < 4.78 is 12.2. The molecule has 0 fully saturated rings. The van der Waals surface area contributed by atoms with Gasteiger partial charge in [0.1, 0.15) is 11.4 Å². The number of para-hydroxylation sites is 1. The second-order valence-corrected chi connectivity index (χ2v) is 6.07. The lowest BCUT2D eigenvalue weighted by Crippen LogP contribution is -2.31. The van der Waals surface area contributed by atoms with Crippen LogP contribution in [0.2, 0.25) is 0 Å². The van der Waals surface area contributed by atoms with Crippen LogP contribution in [0, 0.1) is 0 Å². The average Bonchev–Trinajstić information content (AvgIpc) is 3.09. The molecule has 0 aliphatic rings. The van der Waals surface area contributed by atoms with E-state index < -0.39 is 0 Å². The lowest BCUT2D eigenvalue weighted by atomic mass is 10.1. The predicted octanol–water partition coefficient (Wildman–Crippen LogP) is 2.91. The fourth-order valence-electron chi connectivity index (χ4n) is 2.95. The highest BCUT2D eigenvalue weighted by atomic mass is 16.5. The van der Waals surface area contributed by atoms with E-state index in [9.17, 15) is 9.59 Å². The molecule has 1 aromatic heterocycles. The first kappa shape index (κ1) is 18.7. The number of hydrogen-bond donors (Lipinski definition) is 1. The van der Waals surface area contributed by atoms with Gasteiger partial charge in [-0.25, -0.2) is 0 Å². The summed E-state index contributed by atoms with van der Waals surface area (Å²) in [5, 5.41) is 3.69. The standard InChI is InChI=1S/C21H22N2O4/c1-26-12-11-23-18-6-4-3-5-16(18)13-19(23)21(25)22-14-20(24)15-7-9-17(27-2)10-8-15/h3-10,13H,11-12,14H2,1-2H3,(H,22,25). The van der Waals surface area contributed by atoms with Gasteiger partial charge in [0.2, 0.25) is 0 Å². The summed E-state index contributed by atoms with van der Waals surface area (Å²) in [4.78, 5) is 25.0. The number of ketones is 1. The first-order valence-electron chi connectivity index (χ1n) is 8.66. The summed E-state index contributed by atoms with van der Waals surface area (Å²) in [6, 6.07) is 16.4. The average molecular weight is 366 g/mol. The minimum Gasteiger partial charge on any atom is -0.497 e. The Hall–Kier alpha value is -3.12. The Morgan fingerprint density at radius 3 is 2.48 bits per heavy atom. The van der Waals surface area contributed by atoms with Crippen LogP contribution in [-0.2, 0) is 11.3 Å². The van der Waals surface area contributed by atoms with Gasteiger partial charge in [0, 0.05) is 30.1 Å². The number of carbonyl (C=O) groups excluding carboxylic acids is 2. The third kappa shape index (κ3) is 4.17. The van der Waals surface area contributed by atoms with Crippen LogP contribution in [0.4, 0.5) is 0 Å². The fraction of sp³-hybridized carbons (Fsp3) is 0.238. The second-order valence-electron chi connectivity index (χ2n) is 6.07.